The molecule has 5 rings (SSSR count). The van der Waals surface area contributed by atoms with E-state index in [0.29, 0.717) is 41.0 Å². The van der Waals surface area contributed by atoms with Gasteiger partial charge in [-0.25, -0.2) is 0 Å². The van der Waals surface area contributed by atoms with Crippen molar-refractivity contribution < 1.29 is 33.2 Å². The van der Waals surface area contributed by atoms with Crippen LogP contribution in [0.1, 0.15) is 54.2 Å². The van der Waals surface area contributed by atoms with Crippen molar-refractivity contribution in [1.82, 2.24) is 10.2 Å². The van der Waals surface area contributed by atoms with Crippen LogP contribution < -0.4 is 33.7 Å². The molecule has 1 aliphatic rings. The molecule has 280 valence electrons. The molecular weight excluding hydrogens is 792 g/mol. The molecule has 1 aliphatic heterocycles. The molecule has 0 radical (unpaired) electrons. The molecule has 0 aromatic heterocycles. The standard InChI is InChI=1S/C39H44Br2N2O7.C2H6/c1-23-18-34(33(46-6)21-31(23)40)49-28-12-9-25(10-13-28)8-11-26-20-35(32(45-5)19-27(26)14-16-42-3)50-37-30-22-43(4)17-15-29(30)36(41)38(47-7)39(37)48-24(2)44;1-2/h9-10,12-13,18-21,42H,8,11,14-17,22H2,1-7H3;1-2H3. The first-order valence-electron chi connectivity index (χ1n) is 17.5. The number of ether oxygens (including phenoxy) is 6. The lowest BCUT2D eigenvalue weighted by molar-refractivity contribution is -0.132. The Hall–Kier alpha value is -3.77. The Kier molecular flexibility index (Phi) is 15.3. The number of aryl methyl sites for hydroxylation is 3. The first-order valence-corrected chi connectivity index (χ1v) is 19.1. The molecule has 0 unspecified atom stereocenters. The van der Waals surface area contributed by atoms with Crippen LogP contribution in [-0.4, -0.2) is 59.4 Å². The van der Waals surface area contributed by atoms with Crippen LogP contribution in [0, 0.1) is 6.92 Å². The van der Waals surface area contributed by atoms with E-state index in [0.717, 1.165) is 81.3 Å². The third-order valence-electron chi connectivity index (χ3n) is 8.76. The van der Waals surface area contributed by atoms with Crippen molar-refractivity contribution in [3.05, 3.63) is 90.9 Å². The van der Waals surface area contributed by atoms with Gasteiger partial charge in [0.1, 0.15) is 5.75 Å². The zero-order valence-corrected chi connectivity index (χ0v) is 34.8. The predicted octanol–water partition coefficient (Wildman–Crippen LogP) is 9.62. The summed E-state index contributed by atoms with van der Waals surface area (Å²) in [4.78, 5) is 14.5. The second-order valence-electron chi connectivity index (χ2n) is 12.3. The Bertz CT molecular complexity index is 1850. The number of methoxy groups -OCH3 is 3. The first-order chi connectivity index (χ1) is 25.1. The quantitative estimate of drug-likeness (QED) is 0.0986. The minimum atomic E-state index is -0.471. The fourth-order valence-electron chi connectivity index (χ4n) is 6.08. The molecule has 0 bridgehead atoms. The molecule has 52 heavy (non-hydrogen) atoms. The summed E-state index contributed by atoms with van der Waals surface area (Å²) in [6.07, 6.45) is 3.16. The lowest BCUT2D eigenvalue weighted by Crippen LogP contribution is -2.27. The highest BCUT2D eigenvalue weighted by molar-refractivity contribution is 9.11. The van der Waals surface area contributed by atoms with Crippen LogP contribution in [0.2, 0.25) is 0 Å². The molecule has 0 fully saturated rings. The second kappa shape index (κ2) is 19.3. The van der Waals surface area contributed by atoms with Gasteiger partial charge in [0.25, 0.3) is 0 Å². The summed E-state index contributed by atoms with van der Waals surface area (Å²) in [5.41, 5.74) is 6.53. The van der Waals surface area contributed by atoms with E-state index in [-0.39, 0.29) is 5.75 Å². The number of carbonyl (C=O) groups excluding carboxylic acids is 1. The van der Waals surface area contributed by atoms with Crippen LogP contribution in [0.15, 0.2) is 57.5 Å². The minimum Gasteiger partial charge on any atom is -0.493 e. The van der Waals surface area contributed by atoms with Gasteiger partial charge in [-0.1, -0.05) is 41.9 Å². The molecule has 1 heterocycles. The Morgan fingerprint density at radius 3 is 2.06 bits per heavy atom. The van der Waals surface area contributed by atoms with Crippen molar-refractivity contribution in [2.75, 3.05) is 48.5 Å². The van der Waals surface area contributed by atoms with Crippen molar-refractivity contribution in [2.45, 2.75) is 59.9 Å². The molecule has 0 amide bonds. The molecule has 0 saturated heterocycles. The summed E-state index contributed by atoms with van der Waals surface area (Å²) in [5, 5.41) is 3.26. The minimum absolute atomic E-state index is 0.238. The number of halogens is 2. The van der Waals surface area contributed by atoms with Gasteiger partial charge in [0.2, 0.25) is 5.75 Å². The Labute approximate surface area is 325 Å². The molecular formula is C41H50Br2N2O7. The molecule has 0 atom stereocenters. The maximum atomic E-state index is 12.3. The molecule has 0 saturated carbocycles. The number of nitrogens with zero attached hydrogens (tertiary/aromatic N) is 1. The lowest BCUT2D eigenvalue weighted by Gasteiger charge is -2.30. The maximum absolute atomic E-state index is 12.3. The molecule has 11 heteroatoms. The third kappa shape index (κ3) is 9.80. The summed E-state index contributed by atoms with van der Waals surface area (Å²) in [7, 11) is 8.83. The zero-order valence-electron chi connectivity index (χ0n) is 31.6. The third-order valence-corrected chi connectivity index (χ3v) is 10.5. The van der Waals surface area contributed by atoms with E-state index in [9.17, 15) is 4.79 Å². The van der Waals surface area contributed by atoms with Crippen molar-refractivity contribution >= 4 is 37.8 Å². The summed E-state index contributed by atoms with van der Waals surface area (Å²) >= 11 is 7.28. The second-order valence-corrected chi connectivity index (χ2v) is 13.9. The van der Waals surface area contributed by atoms with Gasteiger partial charge in [0.15, 0.2) is 34.5 Å². The molecule has 9 nitrogen and oxygen atoms in total. The van der Waals surface area contributed by atoms with Crippen molar-refractivity contribution in [3.63, 3.8) is 0 Å². The van der Waals surface area contributed by atoms with E-state index in [1.807, 2.05) is 58.2 Å². The monoisotopic (exact) mass is 840 g/mol. The molecule has 1 N–H and O–H groups in total. The van der Waals surface area contributed by atoms with Gasteiger partial charge in [0.05, 0.1) is 25.8 Å². The van der Waals surface area contributed by atoms with Crippen molar-refractivity contribution in [3.8, 4) is 46.0 Å². The van der Waals surface area contributed by atoms with Gasteiger partial charge in [-0.15, -0.1) is 0 Å². The normalized spacial score (nSPS) is 12.3. The SMILES string of the molecule is CC.CNCCc1cc(OC)c(Oc2c3c(c(Br)c(OC)c2OC(C)=O)CCN(C)C3)cc1CCc1ccc(Oc2cc(C)c(Br)cc2OC)cc1. The topological polar surface area (TPSA) is 87.7 Å². The summed E-state index contributed by atoms with van der Waals surface area (Å²) in [6, 6.07) is 16.1. The van der Waals surface area contributed by atoms with Crippen LogP contribution in [0.25, 0.3) is 0 Å². The van der Waals surface area contributed by atoms with E-state index < -0.39 is 5.97 Å². The predicted molar refractivity (Wildman–Crippen MR) is 213 cm³/mol. The van der Waals surface area contributed by atoms with E-state index in [1.165, 1.54) is 12.5 Å². The Morgan fingerprint density at radius 1 is 0.788 bits per heavy atom. The van der Waals surface area contributed by atoms with E-state index >= 15 is 0 Å². The molecule has 4 aromatic rings. The fourth-order valence-corrected chi connectivity index (χ4v) is 7.18. The highest BCUT2D eigenvalue weighted by Gasteiger charge is 2.31. The number of benzene rings is 4. The largest absolute Gasteiger partial charge is 0.493 e. The Balaban J connectivity index is 0.00000297. The van der Waals surface area contributed by atoms with Crippen LogP contribution in [-0.2, 0) is 37.0 Å². The molecule has 4 aromatic carbocycles. The Morgan fingerprint density at radius 2 is 1.42 bits per heavy atom. The smallest absolute Gasteiger partial charge is 0.308 e. The highest BCUT2D eigenvalue weighted by Crippen LogP contribution is 2.52. The van der Waals surface area contributed by atoms with Gasteiger partial charge in [-0.05, 0) is 133 Å². The van der Waals surface area contributed by atoms with Crippen LogP contribution in [0.3, 0.4) is 0 Å². The van der Waals surface area contributed by atoms with Crippen molar-refractivity contribution in [2.24, 2.45) is 0 Å². The number of nitrogens with one attached hydrogen (secondary N) is 1. The van der Waals surface area contributed by atoms with Gasteiger partial charge < -0.3 is 38.6 Å². The van der Waals surface area contributed by atoms with Gasteiger partial charge in [-0.3, -0.25) is 4.79 Å². The number of hydrogen-bond acceptors (Lipinski definition) is 9. The fraction of sp³-hybridized carbons (Fsp3) is 0.390. The van der Waals surface area contributed by atoms with Gasteiger partial charge >= 0.3 is 5.97 Å². The highest BCUT2D eigenvalue weighted by atomic mass is 79.9. The molecule has 0 spiro atoms. The number of carbonyl (C=O) groups is 1. The summed E-state index contributed by atoms with van der Waals surface area (Å²) in [6.45, 7) is 9.68. The van der Waals surface area contributed by atoms with Crippen LogP contribution >= 0.6 is 31.9 Å². The van der Waals surface area contributed by atoms with Crippen LogP contribution in [0.5, 0.6) is 46.0 Å². The number of rotatable bonds is 14. The average molecular weight is 843 g/mol. The van der Waals surface area contributed by atoms with Crippen LogP contribution in [0.4, 0.5) is 0 Å². The summed E-state index contributed by atoms with van der Waals surface area (Å²) in [5.74, 6) is 3.81. The number of esters is 1. The van der Waals surface area contributed by atoms with Gasteiger partial charge in [-0.2, -0.15) is 0 Å². The van der Waals surface area contributed by atoms with Gasteiger partial charge in [0, 0.05) is 30.0 Å². The lowest BCUT2D eigenvalue weighted by atomic mass is 9.96. The maximum Gasteiger partial charge on any atom is 0.308 e. The zero-order chi connectivity index (χ0) is 37.9. The van der Waals surface area contributed by atoms with E-state index in [4.69, 9.17) is 28.4 Å². The first kappa shape index (κ1) is 41.0. The molecule has 0 aliphatic carbocycles. The van der Waals surface area contributed by atoms with E-state index in [2.05, 4.69) is 67.3 Å². The number of likely N-dealkylation sites (N-methyl/N-ethyl adjacent to an activating group) is 2. The average Bonchev–Trinajstić information content (AvgIpc) is 3.14. The van der Waals surface area contributed by atoms with Crippen molar-refractivity contribution in [1.29, 1.82) is 0 Å². The summed E-state index contributed by atoms with van der Waals surface area (Å²) < 4.78 is 37.6. The number of fused-ring (bicyclic) bond motifs is 1. The van der Waals surface area contributed by atoms with E-state index in [1.54, 1.807) is 21.3 Å². The number of hydrogen-bond donors (Lipinski definition) is 1.